The van der Waals surface area contributed by atoms with Gasteiger partial charge in [0.1, 0.15) is 0 Å². The zero-order valence-electron chi connectivity index (χ0n) is 13.5. The summed E-state index contributed by atoms with van der Waals surface area (Å²) in [6, 6.07) is 14.2. The predicted molar refractivity (Wildman–Crippen MR) is 103 cm³/mol. The summed E-state index contributed by atoms with van der Waals surface area (Å²) in [5.41, 5.74) is 4.39. The monoisotopic (exact) mass is 375 g/mol. The molecule has 0 radical (unpaired) electrons. The fourth-order valence-corrected chi connectivity index (χ4v) is 3.06. The van der Waals surface area contributed by atoms with Crippen LogP contribution in [0.4, 0.5) is 5.69 Å². The molecule has 0 spiro atoms. The Morgan fingerprint density at radius 1 is 1.20 bits per heavy atom. The van der Waals surface area contributed by atoms with Crippen molar-refractivity contribution in [3.8, 4) is 0 Å². The third-order valence-electron chi connectivity index (χ3n) is 3.17. The minimum Gasteiger partial charge on any atom is -0.272 e. The molecule has 2 aromatic rings. The number of nitrogens with one attached hydrogen (secondary N) is 1. The zero-order chi connectivity index (χ0) is 18.1. The summed E-state index contributed by atoms with van der Waals surface area (Å²) in [5.74, 6) is 0.675. The van der Waals surface area contributed by atoms with Gasteiger partial charge in [0, 0.05) is 22.8 Å². The maximum absolute atomic E-state index is 11.7. The van der Waals surface area contributed by atoms with Gasteiger partial charge < -0.3 is 0 Å². The quantitative estimate of drug-likeness (QED) is 0.329. The highest BCUT2D eigenvalue weighted by atomic mass is 32.2. The lowest BCUT2D eigenvalue weighted by Crippen LogP contribution is -2.19. The number of benzene rings is 2. The first-order valence-corrected chi connectivity index (χ1v) is 9.73. The van der Waals surface area contributed by atoms with Crippen molar-refractivity contribution in [2.45, 2.75) is 10.6 Å². The van der Waals surface area contributed by atoms with E-state index in [1.807, 2.05) is 30.5 Å². The lowest BCUT2D eigenvalue weighted by Gasteiger charge is -2.02. The van der Waals surface area contributed by atoms with Crippen LogP contribution in [0, 0.1) is 10.1 Å². The fraction of sp³-hybridized carbons (Fsp3) is 0.176. The third-order valence-corrected chi connectivity index (χ3v) is 4.92. The van der Waals surface area contributed by atoms with Crippen molar-refractivity contribution in [2.75, 3.05) is 12.0 Å². The summed E-state index contributed by atoms with van der Waals surface area (Å²) >= 11 is 3.09. The van der Waals surface area contributed by atoms with Gasteiger partial charge in [-0.3, -0.25) is 14.9 Å². The molecule has 25 heavy (non-hydrogen) atoms. The van der Waals surface area contributed by atoms with Crippen LogP contribution in [-0.2, 0) is 10.5 Å². The summed E-state index contributed by atoms with van der Waals surface area (Å²) in [6.07, 6.45) is 3.61. The van der Waals surface area contributed by atoms with Gasteiger partial charge in [-0.25, -0.2) is 5.43 Å². The first kappa shape index (κ1) is 19.0. The van der Waals surface area contributed by atoms with Gasteiger partial charge in [0.2, 0.25) is 5.91 Å². The number of nitro groups is 1. The van der Waals surface area contributed by atoms with Crippen LogP contribution in [0.5, 0.6) is 0 Å². The minimum absolute atomic E-state index is 0.0615. The van der Waals surface area contributed by atoms with Crippen LogP contribution in [-0.4, -0.2) is 29.1 Å². The van der Waals surface area contributed by atoms with E-state index in [9.17, 15) is 14.9 Å². The lowest BCUT2D eigenvalue weighted by molar-refractivity contribution is -0.384. The molecule has 0 atom stereocenters. The van der Waals surface area contributed by atoms with Crippen molar-refractivity contribution in [2.24, 2.45) is 5.10 Å². The Morgan fingerprint density at radius 3 is 2.48 bits per heavy atom. The largest absolute Gasteiger partial charge is 0.272 e. The summed E-state index contributed by atoms with van der Waals surface area (Å²) in [7, 11) is 0. The molecular weight excluding hydrogens is 358 g/mol. The van der Waals surface area contributed by atoms with E-state index in [1.165, 1.54) is 28.8 Å². The van der Waals surface area contributed by atoms with Crippen molar-refractivity contribution >= 4 is 41.3 Å². The highest BCUT2D eigenvalue weighted by Crippen LogP contribution is 2.16. The second kappa shape index (κ2) is 9.85. The number of thioether (sulfide) groups is 2. The summed E-state index contributed by atoms with van der Waals surface area (Å²) < 4.78 is 0. The molecule has 0 aliphatic carbocycles. The molecule has 0 unspecified atom stereocenters. The SMILES string of the molecule is CSc1ccc(/C=N/NC(=O)CSCc2ccc([N+](=O)[O-])cc2)cc1. The van der Waals surface area contributed by atoms with Gasteiger partial charge in [-0.2, -0.15) is 5.10 Å². The Bertz CT molecular complexity index is 747. The average molecular weight is 375 g/mol. The van der Waals surface area contributed by atoms with Crippen LogP contribution in [0.15, 0.2) is 58.5 Å². The average Bonchev–Trinajstić information content (AvgIpc) is 2.63. The predicted octanol–water partition coefficient (Wildman–Crippen LogP) is 3.70. The van der Waals surface area contributed by atoms with E-state index in [4.69, 9.17) is 0 Å². The highest BCUT2D eigenvalue weighted by molar-refractivity contribution is 7.99. The van der Waals surface area contributed by atoms with E-state index < -0.39 is 4.92 Å². The molecule has 1 N–H and O–H groups in total. The maximum Gasteiger partial charge on any atom is 0.269 e. The van der Waals surface area contributed by atoms with Crippen LogP contribution in [0.1, 0.15) is 11.1 Å². The van der Waals surface area contributed by atoms with E-state index >= 15 is 0 Å². The Balaban J connectivity index is 1.71. The first-order chi connectivity index (χ1) is 12.1. The van der Waals surface area contributed by atoms with E-state index in [2.05, 4.69) is 10.5 Å². The van der Waals surface area contributed by atoms with Gasteiger partial charge in [-0.1, -0.05) is 24.3 Å². The lowest BCUT2D eigenvalue weighted by atomic mass is 10.2. The van der Waals surface area contributed by atoms with Crippen molar-refractivity contribution in [3.05, 3.63) is 69.8 Å². The smallest absolute Gasteiger partial charge is 0.269 e. The zero-order valence-corrected chi connectivity index (χ0v) is 15.2. The molecule has 0 saturated heterocycles. The van der Waals surface area contributed by atoms with Gasteiger partial charge in [0.25, 0.3) is 5.69 Å². The molecule has 130 valence electrons. The number of nitrogens with zero attached hydrogens (tertiary/aromatic N) is 2. The molecule has 0 heterocycles. The molecule has 0 aromatic heterocycles. The van der Waals surface area contributed by atoms with Crippen LogP contribution in [0.25, 0.3) is 0 Å². The molecule has 2 aromatic carbocycles. The van der Waals surface area contributed by atoms with Crippen LogP contribution in [0.3, 0.4) is 0 Å². The number of non-ortho nitro benzene ring substituents is 1. The van der Waals surface area contributed by atoms with E-state index in [0.29, 0.717) is 5.75 Å². The molecule has 8 heteroatoms. The van der Waals surface area contributed by atoms with Crippen LogP contribution in [0.2, 0.25) is 0 Å². The van der Waals surface area contributed by atoms with Crippen LogP contribution >= 0.6 is 23.5 Å². The Morgan fingerprint density at radius 2 is 1.88 bits per heavy atom. The van der Waals surface area contributed by atoms with Crippen molar-refractivity contribution in [1.29, 1.82) is 0 Å². The number of hydrazone groups is 1. The van der Waals surface area contributed by atoms with Crippen molar-refractivity contribution in [1.82, 2.24) is 5.43 Å². The maximum atomic E-state index is 11.7. The molecule has 0 saturated carbocycles. The first-order valence-electron chi connectivity index (χ1n) is 7.35. The Kier molecular flexibility index (Phi) is 7.49. The van der Waals surface area contributed by atoms with E-state index in [1.54, 1.807) is 30.1 Å². The van der Waals surface area contributed by atoms with Gasteiger partial charge >= 0.3 is 0 Å². The number of hydrogen-bond donors (Lipinski definition) is 1. The van der Waals surface area contributed by atoms with Gasteiger partial charge in [-0.05, 0) is 29.5 Å². The highest BCUT2D eigenvalue weighted by Gasteiger charge is 2.05. The summed E-state index contributed by atoms with van der Waals surface area (Å²) in [4.78, 5) is 23.0. The van der Waals surface area contributed by atoms with Gasteiger partial charge in [-0.15, -0.1) is 23.5 Å². The topological polar surface area (TPSA) is 84.6 Å². The molecular formula is C17H17N3O3S2. The molecule has 0 fully saturated rings. The fourth-order valence-electron chi connectivity index (χ4n) is 1.88. The molecule has 6 nitrogen and oxygen atoms in total. The third kappa shape index (κ3) is 6.60. The number of hydrogen-bond acceptors (Lipinski definition) is 6. The molecule has 0 aliphatic rings. The minimum atomic E-state index is -0.434. The van der Waals surface area contributed by atoms with E-state index in [0.717, 1.165) is 11.1 Å². The Hall–Kier alpha value is -2.32. The number of rotatable bonds is 8. The molecule has 0 aliphatic heterocycles. The number of carbonyl (C=O) groups is 1. The van der Waals surface area contributed by atoms with E-state index in [-0.39, 0.29) is 17.3 Å². The standard InChI is InChI=1S/C17H17N3O3S2/c1-24-16-8-4-13(5-9-16)10-18-19-17(21)12-25-11-14-2-6-15(7-3-14)20(22)23/h2-10H,11-12H2,1H3,(H,19,21)/b18-10+. The number of carbonyl (C=O) groups excluding carboxylic acids is 1. The number of nitro benzene ring substituents is 1. The normalized spacial score (nSPS) is 10.8. The molecule has 2 rings (SSSR count). The summed E-state index contributed by atoms with van der Waals surface area (Å²) in [5, 5.41) is 14.5. The second-order valence-corrected chi connectivity index (χ2v) is 6.85. The summed E-state index contributed by atoms with van der Waals surface area (Å²) in [6.45, 7) is 0. The van der Waals surface area contributed by atoms with Gasteiger partial charge in [0.05, 0.1) is 16.9 Å². The molecule has 1 amide bonds. The number of amides is 1. The van der Waals surface area contributed by atoms with Crippen molar-refractivity contribution in [3.63, 3.8) is 0 Å². The second-order valence-electron chi connectivity index (χ2n) is 4.98. The van der Waals surface area contributed by atoms with Gasteiger partial charge in [0.15, 0.2) is 0 Å². The van der Waals surface area contributed by atoms with Crippen LogP contribution < -0.4 is 5.43 Å². The van der Waals surface area contributed by atoms with Crippen molar-refractivity contribution < 1.29 is 9.72 Å². The Labute approximate surface area is 154 Å². The molecule has 0 bridgehead atoms.